The van der Waals surface area contributed by atoms with E-state index in [1.165, 1.54) is 18.4 Å². The summed E-state index contributed by atoms with van der Waals surface area (Å²) in [6.07, 6.45) is 10.3. The molecule has 0 spiro atoms. The van der Waals surface area contributed by atoms with Crippen LogP contribution < -0.4 is 0 Å². The van der Waals surface area contributed by atoms with Crippen molar-refractivity contribution >= 4 is 0 Å². The minimum Gasteiger partial charge on any atom is -0.0888 e. The van der Waals surface area contributed by atoms with Crippen molar-refractivity contribution in [1.82, 2.24) is 0 Å². The van der Waals surface area contributed by atoms with Gasteiger partial charge < -0.3 is 0 Å². The summed E-state index contributed by atoms with van der Waals surface area (Å²) in [5.41, 5.74) is 1.42. The highest BCUT2D eigenvalue weighted by molar-refractivity contribution is 4.94. The Balaban J connectivity index is 3.21. The van der Waals surface area contributed by atoms with E-state index >= 15 is 0 Å². The monoisotopic (exact) mass is 138 g/mol. The standard InChI is InChI=1S/C10H18/c1-4-5-6-7-8-9-10(2)3/h5-6,9H,4,7-8H2,1-3H3/b6-5-. The maximum atomic E-state index is 2.28. The summed E-state index contributed by atoms with van der Waals surface area (Å²) in [6.45, 7) is 6.45. The number of hydrogen-bond donors (Lipinski definition) is 0. The van der Waals surface area contributed by atoms with Gasteiger partial charge in [0, 0.05) is 0 Å². The van der Waals surface area contributed by atoms with Crippen molar-refractivity contribution in [3.05, 3.63) is 23.8 Å². The first-order valence-corrected chi connectivity index (χ1v) is 4.05. The van der Waals surface area contributed by atoms with Crippen LogP contribution in [-0.4, -0.2) is 0 Å². The van der Waals surface area contributed by atoms with E-state index < -0.39 is 0 Å². The molecule has 0 fully saturated rings. The van der Waals surface area contributed by atoms with Crippen LogP contribution in [0.15, 0.2) is 23.8 Å². The van der Waals surface area contributed by atoms with Gasteiger partial charge in [-0.15, -0.1) is 0 Å². The molecule has 0 amide bonds. The van der Waals surface area contributed by atoms with Crippen LogP contribution in [0.25, 0.3) is 0 Å². The number of unbranched alkanes of at least 4 members (excludes halogenated alkanes) is 1. The Morgan fingerprint density at radius 2 is 1.80 bits per heavy atom. The summed E-state index contributed by atoms with van der Waals surface area (Å²) in [4.78, 5) is 0. The molecular formula is C10H18. The highest BCUT2D eigenvalue weighted by Gasteiger charge is 1.77. The van der Waals surface area contributed by atoms with Crippen molar-refractivity contribution in [2.45, 2.75) is 40.0 Å². The lowest BCUT2D eigenvalue weighted by Gasteiger charge is -1.88. The van der Waals surface area contributed by atoms with E-state index in [-0.39, 0.29) is 0 Å². The molecule has 0 heteroatoms. The molecule has 0 saturated heterocycles. The molecule has 0 heterocycles. The Kier molecular flexibility index (Phi) is 6.25. The van der Waals surface area contributed by atoms with Gasteiger partial charge in [-0.3, -0.25) is 0 Å². The van der Waals surface area contributed by atoms with Crippen LogP contribution >= 0.6 is 0 Å². The van der Waals surface area contributed by atoms with Gasteiger partial charge in [0.05, 0.1) is 0 Å². The third-order valence-electron chi connectivity index (χ3n) is 1.29. The summed E-state index contributed by atoms with van der Waals surface area (Å²) in [7, 11) is 0. The Hall–Kier alpha value is -0.520. The maximum Gasteiger partial charge on any atom is -0.0314 e. The van der Waals surface area contributed by atoms with Crippen molar-refractivity contribution in [2.24, 2.45) is 0 Å². The summed E-state index contributed by atoms with van der Waals surface area (Å²) < 4.78 is 0. The lowest BCUT2D eigenvalue weighted by atomic mass is 10.2. The van der Waals surface area contributed by atoms with Gasteiger partial charge >= 0.3 is 0 Å². The predicted molar refractivity (Wildman–Crippen MR) is 48.1 cm³/mol. The molecule has 0 aromatic rings. The highest BCUT2D eigenvalue weighted by atomic mass is 13.8. The molecule has 0 bridgehead atoms. The van der Waals surface area contributed by atoms with Crippen molar-refractivity contribution < 1.29 is 0 Å². The molecule has 0 rings (SSSR count). The number of allylic oxidation sites excluding steroid dienone is 4. The highest BCUT2D eigenvalue weighted by Crippen LogP contribution is 1.98. The van der Waals surface area contributed by atoms with Gasteiger partial charge in [0.2, 0.25) is 0 Å². The van der Waals surface area contributed by atoms with E-state index in [9.17, 15) is 0 Å². The Morgan fingerprint density at radius 3 is 2.30 bits per heavy atom. The van der Waals surface area contributed by atoms with Gasteiger partial charge in [0.25, 0.3) is 0 Å². The van der Waals surface area contributed by atoms with Gasteiger partial charge in [0.15, 0.2) is 0 Å². The zero-order valence-corrected chi connectivity index (χ0v) is 7.35. The van der Waals surface area contributed by atoms with E-state index in [4.69, 9.17) is 0 Å². The van der Waals surface area contributed by atoms with Gasteiger partial charge in [-0.05, 0) is 33.1 Å². The SMILES string of the molecule is CC/C=C\CCC=C(C)C. The van der Waals surface area contributed by atoms with Gasteiger partial charge in [-0.1, -0.05) is 30.7 Å². The predicted octanol–water partition coefficient (Wildman–Crippen LogP) is 3.70. The zero-order valence-electron chi connectivity index (χ0n) is 7.35. The van der Waals surface area contributed by atoms with Gasteiger partial charge in [-0.2, -0.15) is 0 Å². The normalized spacial score (nSPS) is 10.3. The molecule has 0 unspecified atom stereocenters. The molecule has 0 N–H and O–H groups in total. The third-order valence-corrected chi connectivity index (χ3v) is 1.29. The van der Waals surface area contributed by atoms with Crippen molar-refractivity contribution in [3.8, 4) is 0 Å². The van der Waals surface area contributed by atoms with Crippen LogP contribution in [0.4, 0.5) is 0 Å². The topological polar surface area (TPSA) is 0 Å². The first-order chi connectivity index (χ1) is 4.77. The molecule has 0 aliphatic heterocycles. The largest absolute Gasteiger partial charge is 0.0888 e. The molecule has 0 aliphatic rings. The molecule has 0 aliphatic carbocycles. The lowest BCUT2D eigenvalue weighted by molar-refractivity contribution is 1.02. The minimum atomic E-state index is 1.16. The lowest BCUT2D eigenvalue weighted by Crippen LogP contribution is -1.67. The van der Waals surface area contributed by atoms with Crippen molar-refractivity contribution in [1.29, 1.82) is 0 Å². The van der Waals surface area contributed by atoms with Crippen molar-refractivity contribution in [2.75, 3.05) is 0 Å². The van der Waals surface area contributed by atoms with E-state index in [2.05, 4.69) is 39.0 Å². The molecule has 0 aromatic carbocycles. The average molecular weight is 138 g/mol. The molecular weight excluding hydrogens is 120 g/mol. The molecule has 0 aromatic heterocycles. The smallest absolute Gasteiger partial charge is 0.0314 e. The second-order valence-electron chi connectivity index (χ2n) is 2.74. The first-order valence-electron chi connectivity index (χ1n) is 4.05. The van der Waals surface area contributed by atoms with Crippen LogP contribution in [-0.2, 0) is 0 Å². The van der Waals surface area contributed by atoms with Crippen molar-refractivity contribution in [3.63, 3.8) is 0 Å². The zero-order chi connectivity index (χ0) is 7.82. The second-order valence-corrected chi connectivity index (χ2v) is 2.74. The third kappa shape index (κ3) is 7.48. The summed E-state index contributed by atoms with van der Waals surface area (Å²) in [5.74, 6) is 0. The maximum absolute atomic E-state index is 2.28. The fraction of sp³-hybridized carbons (Fsp3) is 0.600. The van der Waals surface area contributed by atoms with Crippen LogP contribution in [0.5, 0.6) is 0 Å². The number of rotatable bonds is 4. The molecule has 10 heavy (non-hydrogen) atoms. The van der Waals surface area contributed by atoms with E-state index in [0.717, 1.165) is 6.42 Å². The fourth-order valence-electron chi connectivity index (χ4n) is 0.753. The Bertz CT molecular complexity index is 114. The van der Waals surface area contributed by atoms with Gasteiger partial charge in [-0.25, -0.2) is 0 Å². The summed E-state index contributed by atoms with van der Waals surface area (Å²) >= 11 is 0. The van der Waals surface area contributed by atoms with E-state index in [1.807, 2.05) is 0 Å². The molecule has 0 atom stereocenters. The first kappa shape index (κ1) is 9.48. The van der Waals surface area contributed by atoms with E-state index in [1.54, 1.807) is 0 Å². The van der Waals surface area contributed by atoms with Crippen LogP contribution in [0.1, 0.15) is 40.0 Å². The van der Waals surface area contributed by atoms with E-state index in [0.29, 0.717) is 0 Å². The van der Waals surface area contributed by atoms with Crippen LogP contribution in [0, 0.1) is 0 Å². The number of hydrogen-bond acceptors (Lipinski definition) is 0. The quantitative estimate of drug-likeness (QED) is 0.410. The molecule has 58 valence electrons. The van der Waals surface area contributed by atoms with Crippen LogP contribution in [0.2, 0.25) is 0 Å². The minimum absolute atomic E-state index is 1.16. The molecule has 0 nitrogen and oxygen atoms in total. The van der Waals surface area contributed by atoms with Gasteiger partial charge in [0.1, 0.15) is 0 Å². The Labute approximate surface area is 64.6 Å². The Morgan fingerprint density at radius 1 is 1.10 bits per heavy atom. The molecule has 0 saturated carbocycles. The van der Waals surface area contributed by atoms with Crippen LogP contribution in [0.3, 0.4) is 0 Å². The summed E-state index contributed by atoms with van der Waals surface area (Å²) in [6, 6.07) is 0. The average Bonchev–Trinajstić information content (AvgIpc) is 1.87. The molecule has 0 radical (unpaired) electrons. The summed E-state index contributed by atoms with van der Waals surface area (Å²) in [5, 5.41) is 0. The fourth-order valence-corrected chi connectivity index (χ4v) is 0.753. The second kappa shape index (κ2) is 6.60.